The van der Waals surface area contributed by atoms with Crippen LogP contribution in [0.4, 0.5) is 10.5 Å². The molecule has 1 atom stereocenters. The standard InChI is InChI=1S/C20H26N4O3/c1-15(23-5-9-26-10-6-23)17-13-16-3-2-4-21-19(16)18(14-17)22-20(25)24-7-11-27-12-8-24/h2-4,13-15H,5-12H2,1H3,(H,22,25). The third kappa shape index (κ3) is 4.05. The largest absolute Gasteiger partial charge is 0.379 e. The summed E-state index contributed by atoms with van der Waals surface area (Å²) in [6.45, 7) is 7.96. The molecule has 2 saturated heterocycles. The summed E-state index contributed by atoms with van der Waals surface area (Å²) in [5.74, 6) is 0. The fourth-order valence-electron chi connectivity index (χ4n) is 3.69. The minimum Gasteiger partial charge on any atom is -0.379 e. The highest BCUT2D eigenvalue weighted by Crippen LogP contribution is 2.30. The third-order valence-corrected chi connectivity index (χ3v) is 5.34. The number of ether oxygens (including phenoxy) is 2. The van der Waals surface area contributed by atoms with Crippen LogP contribution in [-0.4, -0.2) is 73.4 Å². The molecule has 3 heterocycles. The summed E-state index contributed by atoms with van der Waals surface area (Å²) in [5, 5.41) is 4.11. The van der Waals surface area contributed by atoms with Crippen molar-refractivity contribution >= 4 is 22.6 Å². The van der Waals surface area contributed by atoms with Crippen LogP contribution in [0.1, 0.15) is 18.5 Å². The topological polar surface area (TPSA) is 66.9 Å². The zero-order valence-electron chi connectivity index (χ0n) is 15.7. The average molecular weight is 370 g/mol. The van der Waals surface area contributed by atoms with Crippen molar-refractivity contribution in [3.05, 3.63) is 36.0 Å². The predicted octanol–water partition coefficient (Wildman–Crippen LogP) is 2.49. The first-order valence-corrected chi connectivity index (χ1v) is 9.56. The Kier molecular flexibility index (Phi) is 5.52. The lowest BCUT2D eigenvalue weighted by Gasteiger charge is -2.33. The lowest BCUT2D eigenvalue weighted by Crippen LogP contribution is -2.43. The van der Waals surface area contributed by atoms with E-state index >= 15 is 0 Å². The molecule has 0 saturated carbocycles. The molecule has 7 heteroatoms. The predicted molar refractivity (Wildman–Crippen MR) is 104 cm³/mol. The lowest BCUT2D eigenvalue weighted by molar-refractivity contribution is 0.0199. The number of nitrogens with one attached hydrogen (secondary N) is 1. The molecule has 0 aliphatic carbocycles. The Morgan fingerprint density at radius 1 is 1.11 bits per heavy atom. The number of pyridine rings is 1. The van der Waals surface area contributed by atoms with Crippen LogP contribution >= 0.6 is 0 Å². The van der Waals surface area contributed by atoms with E-state index in [1.54, 1.807) is 11.1 Å². The summed E-state index contributed by atoms with van der Waals surface area (Å²) >= 11 is 0. The zero-order valence-corrected chi connectivity index (χ0v) is 15.7. The monoisotopic (exact) mass is 370 g/mol. The van der Waals surface area contributed by atoms with Crippen LogP contribution < -0.4 is 5.32 Å². The van der Waals surface area contributed by atoms with E-state index in [0.29, 0.717) is 26.3 Å². The summed E-state index contributed by atoms with van der Waals surface area (Å²) < 4.78 is 10.8. The maximum atomic E-state index is 12.7. The van der Waals surface area contributed by atoms with Gasteiger partial charge in [-0.25, -0.2) is 4.79 Å². The number of carbonyl (C=O) groups is 1. The first-order valence-electron chi connectivity index (χ1n) is 9.56. The molecule has 27 heavy (non-hydrogen) atoms. The highest BCUT2D eigenvalue weighted by Gasteiger charge is 2.22. The van der Waals surface area contributed by atoms with Gasteiger partial charge in [0.05, 0.1) is 37.6 Å². The van der Waals surface area contributed by atoms with Gasteiger partial charge in [-0.3, -0.25) is 9.88 Å². The fourth-order valence-corrected chi connectivity index (χ4v) is 3.69. The van der Waals surface area contributed by atoms with Crippen molar-refractivity contribution in [1.29, 1.82) is 0 Å². The minimum atomic E-state index is -0.0959. The van der Waals surface area contributed by atoms with Gasteiger partial charge in [-0.2, -0.15) is 0 Å². The molecule has 0 spiro atoms. The molecule has 0 bridgehead atoms. The molecule has 144 valence electrons. The molecule has 7 nitrogen and oxygen atoms in total. The van der Waals surface area contributed by atoms with Crippen molar-refractivity contribution in [2.45, 2.75) is 13.0 Å². The molecule has 1 unspecified atom stereocenters. The second-order valence-electron chi connectivity index (χ2n) is 7.00. The lowest BCUT2D eigenvalue weighted by atomic mass is 10.0. The first kappa shape index (κ1) is 18.2. The summed E-state index contributed by atoms with van der Waals surface area (Å²) in [4.78, 5) is 21.4. The maximum Gasteiger partial charge on any atom is 0.322 e. The molecule has 2 amide bonds. The minimum absolute atomic E-state index is 0.0959. The molecule has 0 radical (unpaired) electrons. The van der Waals surface area contributed by atoms with Crippen molar-refractivity contribution in [2.75, 3.05) is 57.9 Å². The van der Waals surface area contributed by atoms with Crippen molar-refractivity contribution in [2.24, 2.45) is 0 Å². The number of benzene rings is 1. The van der Waals surface area contributed by atoms with E-state index in [1.165, 1.54) is 5.56 Å². The van der Waals surface area contributed by atoms with Crippen LogP contribution in [0.15, 0.2) is 30.5 Å². The zero-order chi connectivity index (χ0) is 18.6. The normalized spacial score (nSPS) is 19.8. The van der Waals surface area contributed by atoms with Gasteiger partial charge in [-0.05, 0) is 30.7 Å². The van der Waals surface area contributed by atoms with Gasteiger partial charge in [0.15, 0.2) is 0 Å². The number of fused-ring (bicyclic) bond motifs is 1. The molecule has 4 rings (SSSR count). The SMILES string of the molecule is CC(c1cc(NC(=O)N2CCOCC2)c2ncccc2c1)N1CCOCC1. The second-order valence-corrected chi connectivity index (χ2v) is 7.00. The number of hydrogen-bond donors (Lipinski definition) is 1. The highest BCUT2D eigenvalue weighted by atomic mass is 16.5. The van der Waals surface area contributed by atoms with Gasteiger partial charge >= 0.3 is 6.03 Å². The van der Waals surface area contributed by atoms with Crippen LogP contribution in [0.25, 0.3) is 10.9 Å². The smallest absolute Gasteiger partial charge is 0.322 e. The van der Waals surface area contributed by atoms with E-state index in [2.05, 4.69) is 34.3 Å². The van der Waals surface area contributed by atoms with Gasteiger partial charge in [0, 0.05) is 43.8 Å². The Balaban J connectivity index is 1.62. The van der Waals surface area contributed by atoms with E-state index in [4.69, 9.17) is 9.47 Å². The second kappa shape index (κ2) is 8.21. The Bertz CT molecular complexity index is 801. The molecule has 1 aromatic heterocycles. The number of hydrogen-bond acceptors (Lipinski definition) is 5. The number of carbonyl (C=O) groups excluding carboxylic acids is 1. The van der Waals surface area contributed by atoms with Gasteiger partial charge in [0.2, 0.25) is 0 Å². The molecular formula is C20H26N4O3. The van der Waals surface area contributed by atoms with Crippen molar-refractivity contribution in [3.8, 4) is 0 Å². The van der Waals surface area contributed by atoms with Crippen molar-refractivity contribution in [1.82, 2.24) is 14.8 Å². The van der Waals surface area contributed by atoms with Crippen molar-refractivity contribution in [3.63, 3.8) is 0 Å². The Hall–Kier alpha value is -2.22. The number of morpholine rings is 2. The molecule has 1 aromatic carbocycles. The van der Waals surface area contributed by atoms with E-state index in [1.807, 2.05) is 12.1 Å². The highest BCUT2D eigenvalue weighted by molar-refractivity contribution is 6.00. The van der Waals surface area contributed by atoms with Gasteiger partial charge in [0.1, 0.15) is 0 Å². The molecule has 2 aromatic rings. The van der Waals surface area contributed by atoms with E-state index in [0.717, 1.165) is 42.9 Å². The van der Waals surface area contributed by atoms with Crippen LogP contribution in [0.5, 0.6) is 0 Å². The number of nitrogens with zero attached hydrogens (tertiary/aromatic N) is 3. The summed E-state index contributed by atoms with van der Waals surface area (Å²) in [7, 11) is 0. The number of urea groups is 1. The molecule has 2 aliphatic heterocycles. The number of amides is 2. The van der Waals surface area contributed by atoms with Gasteiger partial charge in [-0.15, -0.1) is 0 Å². The average Bonchev–Trinajstić information content (AvgIpc) is 2.74. The quantitative estimate of drug-likeness (QED) is 0.899. The maximum absolute atomic E-state index is 12.7. The third-order valence-electron chi connectivity index (χ3n) is 5.34. The Morgan fingerprint density at radius 2 is 1.81 bits per heavy atom. The summed E-state index contributed by atoms with van der Waals surface area (Å²) in [6, 6.07) is 8.36. The summed E-state index contributed by atoms with van der Waals surface area (Å²) in [6.07, 6.45) is 1.76. The van der Waals surface area contributed by atoms with Crippen LogP contribution in [0.2, 0.25) is 0 Å². The fraction of sp³-hybridized carbons (Fsp3) is 0.500. The number of aromatic nitrogens is 1. The van der Waals surface area contributed by atoms with E-state index < -0.39 is 0 Å². The molecular weight excluding hydrogens is 344 g/mol. The van der Waals surface area contributed by atoms with Gasteiger partial charge in [-0.1, -0.05) is 6.07 Å². The van der Waals surface area contributed by atoms with Crippen LogP contribution in [-0.2, 0) is 9.47 Å². The first-order chi connectivity index (χ1) is 13.2. The van der Waals surface area contributed by atoms with Gasteiger partial charge in [0.25, 0.3) is 0 Å². The Morgan fingerprint density at radius 3 is 2.56 bits per heavy atom. The van der Waals surface area contributed by atoms with E-state index in [9.17, 15) is 4.79 Å². The van der Waals surface area contributed by atoms with Gasteiger partial charge < -0.3 is 19.7 Å². The molecule has 2 aliphatic rings. The summed E-state index contributed by atoms with van der Waals surface area (Å²) in [5.41, 5.74) is 2.76. The van der Waals surface area contributed by atoms with E-state index in [-0.39, 0.29) is 12.1 Å². The Labute approximate surface area is 159 Å². The number of rotatable bonds is 3. The molecule has 1 N–H and O–H groups in total. The number of anilines is 1. The molecule has 2 fully saturated rings. The van der Waals surface area contributed by atoms with Crippen LogP contribution in [0, 0.1) is 0 Å². The van der Waals surface area contributed by atoms with Crippen LogP contribution in [0.3, 0.4) is 0 Å². The van der Waals surface area contributed by atoms with Crippen molar-refractivity contribution < 1.29 is 14.3 Å².